The molecule has 0 unspecified atom stereocenters. The Bertz CT molecular complexity index is 302. The quantitative estimate of drug-likeness (QED) is 0.672. The van der Waals surface area contributed by atoms with Gasteiger partial charge in [-0.15, -0.1) is 0 Å². The molecule has 2 saturated carbocycles. The van der Waals surface area contributed by atoms with E-state index in [4.69, 9.17) is 5.26 Å². The highest BCUT2D eigenvalue weighted by molar-refractivity contribution is 5.78. The third-order valence-corrected chi connectivity index (χ3v) is 3.40. The van der Waals surface area contributed by atoms with Crippen LogP contribution in [-0.4, -0.2) is 47.9 Å². The van der Waals surface area contributed by atoms with Gasteiger partial charge >= 0.3 is 0 Å². The van der Waals surface area contributed by atoms with Crippen molar-refractivity contribution in [1.29, 1.82) is 5.26 Å². The van der Waals surface area contributed by atoms with E-state index in [9.17, 15) is 4.79 Å². The summed E-state index contributed by atoms with van der Waals surface area (Å²) >= 11 is 0. The molecule has 0 atom stereocenters. The van der Waals surface area contributed by atoms with Crippen LogP contribution in [0.1, 0.15) is 32.1 Å². The maximum absolute atomic E-state index is 11.9. The van der Waals surface area contributed by atoms with Crippen molar-refractivity contribution in [2.24, 2.45) is 0 Å². The first-order chi connectivity index (χ1) is 7.72. The van der Waals surface area contributed by atoms with E-state index in [0.717, 1.165) is 19.4 Å². The Balaban J connectivity index is 1.79. The number of rotatable bonds is 6. The van der Waals surface area contributed by atoms with Crippen molar-refractivity contribution >= 4 is 5.91 Å². The maximum Gasteiger partial charge on any atom is 0.236 e. The smallest absolute Gasteiger partial charge is 0.236 e. The lowest BCUT2D eigenvalue weighted by Gasteiger charge is -2.24. The summed E-state index contributed by atoms with van der Waals surface area (Å²) in [6.07, 6.45) is 5.21. The third kappa shape index (κ3) is 2.96. The summed E-state index contributed by atoms with van der Waals surface area (Å²) in [6.45, 7) is 1.24. The molecule has 2 fully saturated rings. The van der Waals surface area contributed by atoms with Crippen molar-refractivity contribution in [2.75, 3.05) is 20.1 Å². The lowest BCUT2D eigenvalue weighted by Crippen LogP contribution is -2.40. The molecule has 4 nitrogen and oxygen atoms in total. The van der Waals surface area contributed by atoms with E-state index in [0.29, 0.717) is 25.0 Å². The van der Waals surface area contributed by atoms with Gasteiger partial charge in [0.25, 0.3) is 0 Å². The Kier molecular flexibility index (Phi) is 3.45. The summed E-state index contributed by atoms with van der Waals surface area (Å²) < 4.78 is 0. The number of carbonyl (C=O) groups is 1. The Morgan fingerprint density at radius 1 is 1.31 bits per heavy atom. The van der Waals surface area contributed by atoms with E-state index in [-0.39, 0.29) is 5.91 Å². The first kappa shape index (κ1) is 11.4. The SMILES string of the molecule is CN(C(=O)CN(CCC#N)C1CC1)C1CC1. The minimum atomic E-state index is 0.215. The van der Waals surface area contributed by atoms with Crippen molar-refractivity contribution in [3.8, 4) is 6.07 Å². The number of hydrogen-bond acceptors (Lipinski definition) is 3. The summed E-state index contributed by atoms with van der Waals surface area (Å²) in [6, 6.07) is 3.20. The average Bonchev–Trinajstić information content (AvgIpc) is 3.15. The van der Waals surface area contributed by atoms with Crippen LogP contribution in [0.25, 0.3) is 0 Å². The molecule has 0 spiro atoms. The molecule has 88 valence electrons. The van der Waals surface area contributed by atoms with E-state index in [2.05, 4.69) is 11.0 Å². The molecular weight excluding hydrogens is 202 g/mol. The Hall–Kier alpha value is -1.08. The van der Waals surface area contributed by atoms with Gasteiger partial charge in [-0.1, -0.05) is 0 Å². The molecule has 1 amide bonds. The van der Waals surface area contributed by atoms with E-state index >= 15 is 0 Å². The van der Waals surface area contributed by atoms with Gasteiger partial charge < -0.3 is 4.90 Å². The van der Waals surface area contributed by atoms with Crippen LogP contribution in [0.4, 0.5) is 0 Å². The summed E-state index contributed by atoms with van der Waals surface area (Å²) in [5.74, 6) is 0.215. The van der Waals surface area contributed by atoms with Crippen LogP contribution in [0, 0.1) is 11.3 Å². The zero-order valence-corrected chi connectivity index (χ0v) is 9.85. The van der Waals surface area contributed by atoms with Crippen molar-refractivity contribution in [3.63, 3.8) is 0 Å². The number of hydrogen-bond donors (Lipinski definition) is 0. The number of carbonyl (C=O) groups excluding carboxylic acids is 1. The Morgan fingerprint density at radius 2 is 1.94 bits per heavy atom. The molecule has 0 radical (unpaired) electrons. The van der Waals surface area contributed by atoms with Gasteiger partial charge in [0.05, 0.1) is 12.6 Å². The zero-order valence-electron chi connectivity index (χ0n) is 9.85. The predicted molar refractivity (Wildman–Crippen MR) is 60.6 cm³/mol. The van der Waals surface area contributed by atoms with E-state index in [1.807, 2.05) is 11.9 Å². The summed E-state index contributed by atoms with van der Waals surface area (Å²) in [4.78, 5) is 16.0. The van der Waals surface area contributed by atoms with E-state index < -0.39 is 0 Å². The molecule has 0 aromatic carbocycles. The maximum atomic E-state index is 11.9. The molecule has 2 aliphatic carbocycles. The highest BCUT2D eigenvalue weighted by Gasteiger charge is 2.34. The fourth-order valence-electron chi connectivity index (χ4n) is 1.97. The molecule has 0 bridgehead atoms. The average molecular weight is 221 g/mol. The van der Waals surface area contributed by atoms with E-state index in [1.165, 1.54) is 12.8 Å². The highest BCUT2D eigenvalue weighted by atomic mass is 16.2. The Morgan fingerprint density at radius 3 is 2.44 bits per heavy atom. The Labute approximate surface area is 96.8 Å². The number of nitriles is 1. The topological polar surface area (TPSA) is 47.3 Å². The number of likely N-dealkylation sites (N-methyl/N-ethyl adjacent to an activating group) is 1. The number of amides is 1. The van der Waals surface area contributed by atoms with Crippen LogP contribution in [0.2, 0.25) is 0 Å². The monoisotopic (exact) mass is 221 g/mol. The molecule has 2 aliphatic rings. The predicted octanol–water partition coefficient (Wildman–Crippen LogP) is 0.985. The van der Waals surface area contributed by atoms with Gasteiger partial charge in [-0.05, 0) is 25.7 Å². The van der Waals surface area contributed by atoms with Crippen LogP contribution < -0.4 is 0 Å². The molecule has 4 heteroatoms. The second kappa shape index (κ2) is 4.84. The van der Waals surface area contributed by atoms with Crippen LogP contribution in [-0.2, 0) is 4.79 Å². The molecule has 0 N–H and O–H groups in total. The lowest BCUT2D eigenvalue weighted by atomic mass is 10.3. The highest BCUT2D eigenvalue weighted by Crippen LogP contribution is 2.28. The van der Waals surface area contributed by atoms with Crippen molar-refractivity contribution in [1.82, 2.24) is 9.80 Å². The standard InChI is InChI=1S/C12H19N3O/c1-14(10-3-4-10)12(16)9-15(8-2-7-13)11-5-6-11/h10-11H,2-6,8-9H2,1H3. The van der Waals surface area contributed by atoms with Gasteiger partial charge in [0, 0.05) is 32.1 Å². The fourth-order valence-corrected chi connectivity index (χ4v) is 1.97. The zero-order chi connectivity index (χ0) is 11.5. The van der Waals surface area contributed by atoms with Crippen LogP contribution >= 0.6 is 0 Å². The van der Waals surface area contributed by atoms with Crippen LogP contribution in [0.15, 0.2) is 0 Å². The molecule has 2 rings (SSSR count). The largest absolute Gasteiger partial charge is 0.342 e. The van der Waals surface area contributed by atoms with Crippen molar-refractivity contribution < 1.29 is 4.79 Å². The van der Waals surface area contributed by atoms with Gasteiger partial charge in [0.1, 0.15) is 0 Å². The lowest BCUT2D eigenvalue weighted by molar-refractivity contribution is -0.131. The van der Waals surface area contributed by atoms with Gasteiger partial charge in [-0.3, -0.25) is 9.69 Å². The van der Waals surface area contributed by atoms with Gasteiger partial charge in [0.15, 0.2) is 0 Å². The van der Waals surface area contributed by atoms with Crippen LogP contribution in [0.5, 0.6) is 0 Å². The minimum absolute atomic E-state index is 0.215. The summed E-state index contributed by atoms with van der Waals surface area (Å²) in [7, 11) is 1.90. The second-order valence-electron chi connectivity index (χ2n) is 4.85. The number of nitrogens with zero attached hydrogens (tertiary/aromatic N) is 3. The molecule has 16 heavy (non-hydrogen) atoms. The fraction of sp³-hybridized carbons (Fsp3) is 0.833. The molecular formula is C12H19N3O. The van der Waals surface area contributed by atoms with Gasteiger partial charge in [0.2, 0.25) is 5.91 Å². The third-order valence-electron chi connectivity index (χ3n) is 3.40. The molecule has 0 aromatic rings. The van der Waals surface area contributed by atoms with Crippen LogP contribution in [0.3, 0.4) is 0 Å². The minimum Gasteiger partial charge on any atom is -0.342 e. The van der Waals surface area contributed by atoms with Gasteiger partial charge in [-0.2, -0.15) is 5.26 Å². The summed E-state index contributed by atoms with van der Waals surface area (Å²) in [5, 5.41) is 8.59. The normalized spacial score (nSPS) is 19.6. The first-order valence-electron chi connectivity index (χ1n) is 6.09. The summed E-state index contributed by atoms with van der Waals surface area (Å²) in [5.41, 5.74) is 0. The molecule has 0 heterocycles. The first-order valence-corrected chi connectivity index (χ1v) is 6.09. The molecule has 0 saturated heterocycles. The molecule has 0 aromatic heterocycles. The second-order valence-corrected chi connectivity index (χ2v) is 4.85. The molecule has 0 aliphatic heterocycles. The van der Waals surface area contributed by atoms with E-state index in [1.54, 1.807) is 0 Å². The van der Waals surface area contributed by atoms with Crippen molar-refractivity contribution in [2.45, 2.75) is 44.2 Å². The van der Waals surface area contributed by atoms with Crippen molar-refractivity contribution in [3.05, 3.63) is 0 Å². The van der Waals surface area contributed by atoms with Gasteiger partial charge in [-0.25, -0.2) is 0 Å².